The first kappa shape index (κ1) is 12.0. The minimum atomic E-state index is -0.939. The van der Waals surface area contributed by atoms with Crippen molar-refractivity contribution >= 4 is 11.9 Å². The molecule has 0 spiro atoms. The highest BCUT2D eigenvalue weighted by molar-refractivity contribution is 5.86. The summed E-state index contributed by atoms with van der Waals surface area (Å²) < 4.78 is 0. The molecule has 0 radical (unpaired) electrons. The van der Waals surface area contributed by atoms with E-state index in [0.717, 1.165) is 6.42 Å². The second-order valence-electron chi connectivity index (χ2n) is 4.00. The van der Waals surface area contributed by atoms with E-state index in [2.05, 4.69) is 5.32 Å². The summed E-state index contributed by atoms with van der Waals surface area (Å²) in [7, 11) is 0. The quantitative estimate of drug-likeness (QED) is 0.694. The van der Waals surface area contributed by atoms with Crippen LogP contribution in [0.1, 0.15) is 26.7 Å². The Hall–Kier alpha value is -1.10. The van der Waals surface area contributed by atoms with Gasteiger partial charge >= 0.3 is 5.97 Å². The van der Waals surface area contributed by atoms with Gasteiger partial charge in [-0.3, -0.25) is 9.59 Å². The SMILES string of the molecule is CCCN1CC(C)NC(CC(=O)O)C1=O. The molecule has 5 heteroatoms. The van der Waals surface area contributed by atoms with Crippen molar-refractivity contribution in [2.45, 2.75) is 38.8 Å². The number of aliphatic carboxylic acids is 1. The Morgan fingerprint density at radius 2 is 2.33 bits per heavy atom. The number of carbonyl (C=O) groups excluding carboxylic acids is 1. The van der Waals surface area contributed by atoms with Crippen molar-refractivity contribution in [3.05, 3.63) is 0 Å². The van der Waals surface area contributed by atoms with E-state index < -0.39 is 12.0 Å². The lowest BCUT2D eigenvalue weighted by atomic mass is 10.1. The number of nitrogens with zero attached hydrogens (tertiary/aromatic N) is 1. The molecular weight excluding hydrogens is 196 g/mol. The highest BCUT2D eigenvalue weighted by atomic mass is 16.4. The van der Waals surface area contributed by atoms with Gasteiger partial charge < -0.3 is 15.3 Å². The molecule has 1 amide bonds. The Labute approximate surface area is 89.4 Å². The monoisotopic (exact) mass is 214 g/mol. The summed E-state index contributed by atoms with van der Waals surface area (Å²) in [6, 6.07) is -0.392. The Morgan fingerprint density at radius 3 is 2.87 bits per heavy atom. The van der Waals surface area contributed by atoms with Crippen LogP contribution < -0.4 is 5.32 Å². The van der Waals surface area contributed by atoms with Gasteiger partial charge in [-0.2, -0.15) is 0 Å². The van der Waals surface area contributed by atoms with Crippen LogP contribution in [0.5, 0.6) is 0 Å². The maximum absolute atomic E-state index is 11.8. The van der Waals surface area contributed by atoms with Crippen molar-refractivity contribution in [3.8, 4) is 0 Å². The zero-order valence-corrected chi connectivity index (χ0v) is 9.19. The normalized spacial score (nSPS) is 26.8. The van der Waals surface area contributed by atoms with Crippen LogP contribution in [-0.4, -0.2) is 47.1 Å². The molecule has 1 saturated heterocycles. The molecule has 0 aromatic rings. The number of piperazine rings is 1. The predicted octanol–water partition coefficient (Wildman–Crippen LogP) is 0.0600. The standard InChI is InChI=1S/C10H18N2O3/c1-3-4-12-6-7(2)11-8(10(12)15)5-9(13)14/h7-8,11H,3-6H2,1-2H3,(H,13,14). The molecule has 1 aliphatic heterocycles. The predicted molar refractivity (Wildman–Crippen MR) is 55.5 cm³/mol. The van der Waals surface area contributed by atoms with E-state index in [1.54, 1.807) is 4.90 Å². The van der Waals surface area contributed by atoms with Gasteiger partial charge in [-0.25, -0.2) is 0 Å². The van der Waals surface area contributed by atoms with Crippen molar-refractivity contribution in [3.63, 3.8) is 0 Å². The third-order valence-corrected chi connectivity index (χ3v) is 2.46. The molecular formula is C10H18N2O3. The summed E-state index contributed by atoms with van der Waals surface area (Å²) in [5.74, 6) is -1.02. The van der Waals surface area contributed by atoms with E-state index >= 15 is 0 Å². The van der Waals surface area contributed by atoms with Crippen molar-refractivity contribution < 1.29 is 14.7 Å². The molecule has 1 heterocycles. The fourth-order valence-corrected chi connectivity index (χ4v) is 1.90. The van der Waals surface area contributed by atoms with Crippen LogP contribution >= 0.6 is 0 Å². The molecule has 86 valence electrons. The van der Waals surface area contributed by atoms with Crippen LogP contribution in [0.2, 0.25) is 0 Å². The van der Waals surface area contributed by atoms with Gasteiger partial charge in [0.05, 0.1) is 12.5 Å². The summed E-state index contributed by atoms with van der Waals surface area (Å²) in [4.78, 5) is 24.1. The van der Waals surface area contributed by atoms with Crippen molar-refractivity contribution in [1.82, 2.24) is 10.2 Å². The minimum Gasteiger partial charge on any atom is -0.481 e. The lowest BCUT2D eigenvalue weighted by Crippen LogP contribution is -2.59. The van der Waals surface area contributed by atoms with Crippen LogP contribution in [0.4, 0.5) is 0 Å². The van der Waals surface area contributed by atoms with E-state index in [-0.39, 0.29) is 18.4 Å². The summed E-state index contributed by atoms with van der Waals surface area (Å²) in [5.41, 5.74) is 0. The molecule has 0 aliphatic carbocycles. The van der Waals surface area contributed by atoms with Crippen LogP contribution in [0.3, 0.4) is 0 Å². The Bertz CT molecular complexity index is 255. The average Bonchev–Trinajstić information content (AvgIpc) is 2.12. The third-order valence-electron chi connectivity index (χ3n) is 2.46. The van der Waals surface area contributed by atoms with Gasteiger partial charge in [-0.1, -0.05) is 6.92 Å². The fraction of sp³-hybridized carbons (Fsp3) is 0.800. The van der Waals surface area contributed by atoms with E-state index in [0.29, 0.717) is 13.1 Å². The summed E-state index contributed by atoms with van der Waals surface area (Å²) >= 11 is 0. The molecule has 15 heavy (non-hydrogen) atoms. The van der Waals surface area contributed by atoms with Crippen molar-refractivity contribution in [2.24, 2.45) is 0 Å². The topological polar surface area (TPSA) is 69.6 Å². The van der Waals surface area contributed by atoms with Crippen LogP contribution in [0.15, 0.2) is 0 Å². The summed E-state index contributed by atoms with van der Waals surface area (Å²) in [5, 5.41) is 11.7. The highest BCUT2D eigenvalue weighted by Gasteiger charge is 2.32. The molecule has 1 rings (SSSR count). The zero-order chi connectivity index (χ0) is 11.4. The Kier molecular flexibility index (Phi) is 4.08. The van der Waals surface area contributed by atoms with E-state index in [1.165, 1.54) is 0 Å². The molecule has 0 aromatic heterocycles. The second kappa shape index (κ2) is 5.11. The first-order chi connectivity index (χ1) is 7.04. The number of amides is 1. The second-order valence-corrected chi connectivity index (χ2v) is 4.00. The van der Waals surface area contributed by atoms with Crippen LogP contribution in [-0.2, 0) is 9.59 Å². The smallest absolute Gasteiger partial charge is 0.305 e. The lowest BCUT2D eigenvalue weighted by Gasteiger charge is -2.36. The Balaban J connectivity index is 2.63. The highest BCUT2D eigenvalue weighted by Crippen LogP contribution is 2.09. The molecule has 2 N–H and O–H groups in total. The van der Waals surface area contributed by atoms with Gasteiger partial charge in [-0.15, -0.1) is 0 Å². The molecule has 0 aromatic carbocycles. The molecule has 2 unspecified atom stereocenters. The fourth-order valence-electron chi connectivity index (χ4n) is 1.90. The average molecular weight is 214 g/mol. The number of carbonyl (C=O) groups is 2. The third kappa shape index (κ3) is 3.20. The zero-order valence-electron chi connectivity index (χ0n) is 9.19. The first-order valence-corrected chi connectivity index (χ1v) is 5.31. The molecule has 5 nitrogen and oxygen atoms in total. The van der Waals surface area contributed by atoms with Gasteiger partial charge in [-0.05, 0) is 13.3 Å². The molecule has 1 aliphatic rings. The largest absolute Gasteiger partial charge is 0.481 e. The number of carboxylic acids is 1. The maximum Gasteiger partial charge on any atom is 0.305 e. The number of hydrogen-bond acceptors (Lipinski definition) is 3. The summed E-state index contributed by atoms with van der Waals surface area (Å²) in [6.07, 6.45) is 0.766. The van der Waals surface area contributed by atoms with E-state index in [1.807, 2.05) is 13.8 Å². The first-order valence-electron chi connectivity index (χ1n) is 5.31. The molecule has 1 fully saturated rings. The number of rotatable bonds is 4. The van der Waals surface area contributed by atoms with Gasteiger partial charge in [0, 0.05) is 19.1 Å². The Morgan fingerprint density at radius 1 is 1.67 bits per heavy atom. The minimum absolute atomic E-state index is 0.0858. The molecule has 0 saturated carbocycles. The van der Waals surface area contributed by atoms with Crippen molar-refractivity contribution in [1.29, 1.82) is 0 Å². The number of hydrogen-bond donors (Lipinski definition) is 2. The molecule has 2 atom stereocenters. The summed E-state index contributed by atoms with van der Waals surface area (Å²) in [6.45, 7) is 5.35. The maximum atomic E-state index is 11.8. The van der Waals surface area contributed by atoms with Gasteiger partial charge in [0.1, 0.15) is 0 Å². The lowest BCUT2D eigenvalue weighted by molar-refractivity contribution is -0.144. The van der Waals surface area contributed by atoms with Crippen molar-refractivity contribution in [2.75, 3.05) is 13.1 Å². The molecule has 0 bridgehead atoms. The van der Waals surface area contributed by atoms with E-state index in [9.17, 15) is 9.59 Å². The van der Waals surface area contributed by atoms with Gasteiger partial charge in [0.2, 0.25) is 5.91 Å². The van der Waals surface area contributed by atoms with Gasteiger partial charge in [0.15, 0.2) is 0 Å². The number of nitrogens with one attached hydrogen (secondary N) is 1. The van der Waals surface area contributed by atoms with Crippen LogP contribution in [0.25, 0.3) is 0 Å². The van der Waals surface area contributed by atoms with Crippen LogP contribution in [0, 0.1) is 0 Å². The van der Waals surface area contributed by atoms with Gasteiger partial charge in [0.25, 0.3) is 0 Å². The number of carboxylic acid groups (broad SMARTS) is 1. The van der Waals surface area contributed by atoms with E-state index in [4.69, 9.17) is 5.11 Å².